The summed E-state index contributed by atoms with van der Waals surface area (Å²) in [6, 6.07) is 9.92. The lowest BCUT2D eigenvalue weighted by molar-refractivity contribution is -0.116. The number of benzene rings is 1. The SMILES string of the molecule is CCC(CNC(=O)OCC1CCc2c(sc(NC(=O)CCc3cccc(OC)c3)c2C#N)C1)OC. The van der Waals surface area contributed by atoms with Crippen LogP contribution in [0.1, 0.15) is 47.8 Å². The summed E-state index contributed by atoms with van der Waals surface area (Å²) in [5.74, 6) is 0.817. The third-order valence-electron chi connectivity index (χ3n) is 6.22. The summed E-state index contributed by atoms with van der Waals surface area (Å²) in [4.78, 5) is 25.7. The molecule has 188 valence electrons. The molecular weight excluding hydrogens is 466 g/mol. The number of ether oxygens (including phenoxy) is 3. The van der Waals surface area contributed by atoms with Crippen LogP contribution in [0.3, 0.4) is 0 Å². The van der Waals surface area contributed by atoms with Crippen molar-refractivity contribution in [3.05, 3.63) is 45.8 Å². The average molecular weight is 500 g/mol. The van der Waals surface area contributed by atoms with Crippen LogP contribution in [0, 0.1) is 17.2 Å². The first-order valence-corrected chi connectivity index (χ1v) is 12.7. The Labute approximate surface area is 210 Å². The van der Waals surface area contributed by atoms with E-state index < -0.39 is 6.09 Å². The molecule has 2 atom stereocenters. The Kier molecular flexibility index (Phi) is 9.94. The Morgan fingerprint density at radius 2 is 2.14 bits per heavy atom. The number of carbonyl (C=O) groups is 2. The molecule has 0 aliphatic heterocycles. The molecule has 3 rings (SSSR count). The Hall–Kier alpha value is -3.09. The lowest BCUT2D eigenvalue weighted by atomic mass is 9.88. The topological polar surface area (TPSA) is 110 Å². The third kappa shape index (κ3) is 7.44. The molecular formula is C26H33N3O5S. The number of thiophene rings is 1. The Balaban J connectivity index is 1.52. The smallest absolute Gasteiger partial charge is 0.407 e. The van der Waals surface area contributed by atoms with Crippen molar-refractivity contribution in [3.63, 3.8) is 0 Å². The number of nitrogens with zero attached hydrogens (tertiary/aromatic N) is 1. The molecule has 2 unspecified atom stereocenters. The number of carbonyl (C=O) groups excluding carboxylic acids is 2. The number of hydrogen-bond donors (Lipinski definition) is 2. The van der Waals surface area contributed by atoms with E-state index in [9.17, 15) is 14.9 Å². The number of nitriles is 1. The maximum atomic E-state index is 12.6. The predicted molar refractivity (Wildman–Crippen MR) is 135 cm³/mol. The minimum Gasteiger partial charge on any atom is -0.497 e. The molecule has 2 N–H and O–H groups in total. The van der Waals surface area contributed by atoms with Crippen LogP contribution < -0.4 is 15.4 Å². The summed E-state index contributed by atoms with van der Waals surface area (Å²) in [6.45, 7) is 2.73. The van der Waals surface area contributed by atoms with Crippen molar-refractivity contribution in [1.82, 2.24) is 5.32 Å². The van der Waals surface area contributed by atoms with Gasteiger partial charge in [-0.3, -0.25) is 4.79 Å². The number of rotatable bonds is 11. The van der Waals surface area contributed by atoms with Crippen LogP contribution in [0.15, 0.2) is 24.3 Å². The van der Waals surface area contributed by atoms with Gasteiger partial charge in [-0.15, -0.1) is 11.3 Å². The maximum absolute atomic E-state index is 12.6. The number of anilines is 1. The molecule has 1 aromatic heterocycles. The molecule has 2 amide bonds. The van der Waals surface area contributed by atoms with E-state index in [0.717, 1.165) is 47.4 Å². The van der Waals surface area contributed by atoms with Crippen molar-refractivity contribution in [2.75, 3.05) is 32.7 Å². The normalized spacial score (nSPS) is 15.4. The van der Waals surface area contributed by atoms with Crippen molar-refractivity contribution >= 4 is 28.3 Å². The lowest BCUT2D eigenvalue weighted by Gasteiger charge is -2.22. The molecule has 0 spiro atoms. The Morgan fingerprint density at radius 1 is 1.31 bits per heavy atom. The zero-order valence-electron chi connectivity index (χ0n) is 20.5. The van der Waals surface area contributed by atoms with Gasteiger partial charge in [0.25, 0.3) is 0 Å². The van der Waals surface area contributed by atoms with Crippen LogP contribution in [0.2, 0.25) is 0 Å². The van der Waals surface area contributed by atoms with Gasteiger partial charge in [0.05, 0.1) is 25.4 Å². The molecule has 9 heteroatoms. The van der Waals surface area contributed by atoms with E-state index in [4.69, 9.17) is 14.2 Å². The highest BCUT2D eigenvalue weighted by Crippen LogP contribution is 2.39. The fourth-order valence-electron chi connectivity index (χ4n) is 4.11. The highest BCUT2D eigenvalue weighted by atomic mass is 32.1. The highest BCUT2D eigenvalue weighted by Gasteiger charge is 2.27. The molecule has 8 nitrogen and oxygen atoms in total. The first-order valence-electron chi connectivity index (χ1n) is 11.9. The first kappa shape index (κ1) is 26.5. The second kappa shape index (κ2) is 13.1. The van der Waals surface area contributed by atoms with Crippen LogP contribution in [0.4, 0.5) is 9.80 Å². The summed E-state index contributed by atoms with van der Waals surface area (Å²) in [6.07, 6.45) is 3.50. The summed E-state index contributed by atoms with van der Waals surface area (Å²) < 4.78 is 15.9. The minimum absolute atomic E-state index is 0.0283. The number of hydrogen-bond acceptors (Lipinski definition) is 7. The molecule has 1 aliphatic carbocycles. The molecule has 0 bridgehead atoms. The highest BCUT2D eigenvalue weighted by molar-refractivity contribution is 7.16. The van der Waals surface area contributed by atoms with E-state index in [1.165, 1.54) is 11.3 Å². The van der Waals surface area contributed by atoms with Gasteiger partial charge >= 0.3 is 6.09 Å². The van der Waals surface area contributed by atoms with Gasteiger partial charge in [-0.1, -0.05) is 19.1 Å². The van der Waals surface area contributed by atoms with Crippen molar-refractivity contribution < 1.29 is 23.8 Å². The van der Waals surface area contributed by atoms with Crippen molar-refractivity contribution in [1.29, 1.82) is 5.26 Å². The van der Waals surface area contributed by atoms with E-state index in [1.54, 1.807) is 14.2 Å². The summed E-state index contributed by atoms with van der Waals surface area (Å²) in [7, 11) is 3.23. The van der Waals surface area contributed by atoms with E-state index in [0.29, 0.717) is 36.6 Å². The number of aryl methyl sites for hydroxylation is 1. The van der Waals surface area contributed by atoms with Crippen molar-refractivity contribution in [2.24, 2.45) is 5.92 Å². The maximum Gasteiger partial charge on any atom is 0.407 e. The zero-order valence-corrected chi connectivity index (χ0v) is 21.3. The van der Waals surface area contributed by atoms with E-state index in [-0.39, 0.29) is 17.9 Å². The average Bonchev–Trinajstić information content (AvgIpc) is 3.22. The predicted octanol–water partition coefficient (Wildman–Crippen LogP) is 4.46. The summed E-state index contributed by atoms with van der Waals surface area (Å²) in [5, 5.41) is 16.0. The molecule has 0 radical (unpaired) electrons. The molecule has 35 heavy (non-hydrogen) atoms. The molecule has 1 heterocycles. The van der Waals surface area contributed by atoms with Crippen LogP contribution in [-0.4, -0.2) is 45.5 Å². The second-order valence-corrected chi connectivity index (χ2v) is 9.68. The summed E-state index contributed by atoms with van der Waals surface area (Å²) >= 11 is 1.45. The Bertz CT molecular complexity index is 1060. The number of alkyl carbamates (subject to hydrolysis) is 1. The molecule has 1 aliphatic rings. The Morgan fingerprint density at radius 3 is 2.86 bits per heavy atom. The van der Waals surface area contributed by atoms with Gasteiger partial charge in [-0.25, -0.2) is 4.79 Å². The first-order chi connectivity index (χ1) is 17.0. The number of nitrogens with one attached hydrogen (secondary N) is 2. The molecule has 2 aromatic rings. The minimum atomic E-state index is -0.445. The van der Waals surface area contributed by atoms with Crippen LogP contribution in [-0.2, 0) is 33.5 Å². The van der Waals surface area contributed by atoms with E-state index in [2.05, 4.69) is 16.7 Å². The van der Waals surface area contributed by atoms with E-state index in [1.807, 2.05) is 31.2 Å². The van der Waals surface area contributed by atoms with Crippen LogP contribution in [0.5, 0.6) is 5.75 Å². The zero-order chi connectivity index (χ0) is 25.2. The van der Waals surface area contributed by atoms with Crippen LogP contribution in [0.25, 0.3) is 0 Å². The molecule has 0 saturated carbocycles. The monoisotopic (exact) mass is 499 g/mol. The number of amides is 2. The molecule has 0 saturated heterocycles. The van der Waals surface area contributed by atoms with Crippen molar-refractivity contribution in [2.45, 2.75) is 51.6 Å². The molecule has 0 fully saturated rings. The number of fused-ring (bicyclic) bond motifs is 1. The quantitative estimate of drug-likeness (QED) is 0.473. The second-order valence-electron chi connectivity index (χ2n) is 8.57. The largest absolute Gasteiger partial charge is 0.497 e. The van der Waals surface area contributed by atoms with Gasteiger partial charge < -0.3 is 24.8 Å². The van der Waals surface area contributed by atoms with Gasteiger partial charge in [0.1, 0.15) is 16.8 Å². The fourth-order valence-corrected chi connectivity index (χ4v) is 5.44. The lowest BCUT2D eigenvalue weighted by Crippen LogP contribution is -2.34. The van der Waals surface area contributed by atoms with Crippen LogP contribution >= 0.6 is 11.3 Å². The standard InChI is InChI=1S/C26H33N3O5S/c1-4-19(32-2)15-28-26(31)34-16-18-8-10-21-22(14-27)25(35-23(21)13-18)29-24(30)11-9-17-6-5-7-20(12-17)33-3/h5-7,12,18-19H,4,8-11,13,15-16H2,1-3H3,(H,28,31)(H,29,30). The third-order valence-corrected chi connectivity index (χ3v) is 7.39. The molecule has 1 aromatic carbocycles. The van der Waals surface area contributed by atoms with Gasteiger partial charge in [0, 0.05) is 25.0 Å². The number of methoxy groups -OCH3 is 2. The van der Waals surface area contributed by atoms with Gasteiger partial charge in [0.15, 0.2) is 0 Å². The van der Waals surface area contributed by atoms with Gasteiger partial charge in [-0.2, -0.15) is 5.26 Å². The van der Waals surface area contributed by atoms with E-state index >= 15 is 0 Å². The summed E-state index contributed by atoms with van der Waals surface area (Å²) in [5.41, 5.74) is 2.58. The van der Waals surface area contributed by atoms with Crippen molar-refractivity contribution in [3.8, 4) is 11.8 Å². The van der Waals surface area contributed by atoms with Gasteiger partial charge in [0.2, 0.25) is 5.91 Å². The van der Waals surface area contributed by atoms with Gasteiger partial charge in [-0.05, 0) is 61.3 Å². The fraction of sp³-hybridized carbons (Fsp3) is 0.500.